The number of anilines is 2. The number of carbonyl (C=O) groups excluding carboxylic acids is 1. The second-order valence-electron chi connectivity index (χ2n) is 9.47. The van der Waals surface area contributed by atoms with Crippen LogP contribution in [0.5, 0.6) is 0 Å². The van der Waals surface area contributed by atoms with Crippen LogP contribution in [0, 0.1) is 21.4 Å². The van der Waals surface area contributed by atoms with Crippen molar-refractivity contribution in [1.82, 2.24) is 9.88 Å². The number of benzene rings is 2. The first-order valence-electron chi connectivity index (χ1n) is 11.2. The molecule has 4 rings (SSSR count). The lowest BCUT2D eigenvalue weighted by molar-refractivity contribution is -0.383. The number of fused-ring (bicyclic) bond motifs is 1. The van der Waals surface area contributed by atoms with E-state index in [1.54, 1.807) is 6.07 Å². The molecule has 1 aliphatic heterocycles. The van der Waals surface area contributed by atoms with Crippen LogP contribution in [0.25, 0.3) is 10.9 Å². The van der Waals surface area contributed by atoms with Gasteiger partial charge in [-0.1, -0.05) is 0 Å². The third kappa shape index (κ3) is 4.96. The smallest absolute Gasteiger partial charge is 0.410 e. The molecule has 1 amide bonds. The lowest BCUT2D eigenvalue weighted by atomic mass is 10.0. The van der Waals surface area contributed by atoms with E-state index in [4.69, 9.17) is 10.00 Å². The molecule has 9 heteroatoms. The number of nitro groups is 1. The highest BCUT2D eigenvalue weighted by atomic mass is 16.6. The van der Waals surface area contributed by atoms with Crippen LogP contribution in [0.15, 0.2) is 42.6 Å². The van der Waals surface area contributed by atoms with Crippen LogP contribution in [-0.2, 0) is 11.2 Å². The van der Waals surface area contributed by atoms with Gasteiger partial charge in [0.15, 0.2) is 0 Å². The van der Waals surface area contributed by atoms with E-state index in [9.17, 15) is 14.9 Å². The van der Waals surface area contributed by atoms with E-state index in [-0.39, 0.29) is 23.4 Å². The summed E-state index contributed by atoms with van der Waals surface area (Å²) < 4.78 is 5.59. The van der Waals surface area contributed by atoms with Gasteiger partial charge in [-0.25, -0.2) is 4.79 Å². The lowest BCUT2D eigenvalue weighted by Crippen LogP contribution is -2.40. The average molecular weight is 462 g/mol. The summed E-state index contributed by atoms with van der Waals surface area (Å²) in [5, 5.41) is 24.6. The molecular weight excluding hydrogens is 434 g/mol. The number of hydrogen-bond donors (Lipinski definition) is 2. The molecule has 1 aliphatic rings. The van der Waals surface area contributed by atoms with E-state index in [0.717, 1.165) is 29.3 Å². The molecule has 3 aromatic rings. The zero-order valence-electron chi connectivity index (χ0n) is 19.4. The van der Waals surface area contributed by atoms with Crippen molar-refractivity contribution in [2.75, 3.05) is 11.9 Å². The minimum Gasteiger partial charge on any atom is -0.444 e. The number of nitrogens with zero attached hydrogens (tertiary/aromatic N) is 3. The number of aromatic amines is 1. The van der Waals surface area contributed by atoms with Crippen LogP contribution >= 0.6 is 0 Å². The minimum atomic E-state index is -0.542. The van der Waals surface area contributed by atoms with Crippen molar-refractivity contribution in [2.24, 2.45) is 0 Å². The van der Waals surface area contributed by atoms with E-state index in [1.807, 2.05) is 56.1 Å². The molecule has 1 aromatic heterocycles. The number of rotatable bonds is 5. The summed E-state index contributed by atoms with van der Waals surface area (Å²) in [5.74, 6) is 0. The monoisotopic (exact) mass is 461 g/mol. The van der Waals surface area contributed by atoms with E-state index >= 15 is 0 Å². The summed E-state index contributed by atoms with van der Waals surface area (Å²) in [7, 11) is 0. The summed E-state index contributed by atoms with van der Waals surface area (Å²) >= 11 is 0. The third-order valence-electron chi connectivity index (χ3n) is 5.83. The second kappa shape index (κ2) is 9.06. The lowest BCUT2D eigenvalue weighted by Gasteiger charge is -2.28. The molecule has 34 heavy (non-hydrogen) atoms. The van der Waals surface area contributed by atoms with Crippen molar-refractivity contribution in [2.45, 2.75) is 51.7 Å². The maximum Gasteiger partial charge on any atom is 0.410 e. The Morgan fingerprint density at radius 2 is 2.12 bits per heavy atom. The summed E-state index contributed by atoms with van der Waals surface area (Å²) in [4.78, 5) is 28.7. The first kappa shape index (κ1) is 23.1. The van der Waals surface area contributed by atoms with Crippen molar-refractivity contribution in [3.63, 3.8) is 0 Å². The SMILES string of the molecule is CC(C)(C)OC(=O)N1CCC[C@@H]1Cc1c[nH]c2ccc(Nc3ccc(C#N)cc3[N+](=O)[O-])cc12. The van der Waals surface area contributed by atoms with Gasteiger partial charge in [0, 0.05) is 41.4 Å². The molecule has 2 N–H and O–H groups in total. The molecule has 2 aromatic carbocycles. The molecule has 0 spiro atoms. The van der Waals surface area contributed by atoms with Crippen molar-refractivity contribution in [3.8, 4) is 6.07 Å². The molecule has 1 fully saturated rings. The molecule has 1 saturated heterocycles. The number of nitro benzene ring substituents is 1. The van der Waals surface area contributed by atoms with Crippen molar-refractivity contribution < 1.29 is 14.5 Å². The van der Waals surface area contributed by atoms with Crippen LogP contribution in [-0.4, -0.2) is 39.1 Å². The fraction of sp³-hybridized carbons (Fsp3) is 0.360. The first-order chi connectivity index (χ1) is 16.1. The Labute approximate surface area is 197 Å². The summed E-state index contributed by atoms with van der Waals surface area (Å²) in [6.07, 6.45) is 4.18. The topological polar surface area (TPSA) is 124 Å². The molecule has 1 atom stereocenters. The van der Waals surface area contributed by atoms with Gasteiger partial charge in [0.1, 0.15) is 11.3 Å². The zero-order chi connectivity index (χ0) is 24.5. The number of nitrogens with one attached hydrogen (secondary N) is 2. The molecule has 0 saturated carbocycles. The maximum absolute atomic E-state index is 12.7. The Morgan fingerprint density at radius 1 is 1.32 bits per heavy atom. The number of H-pyrrole nitrogens is 1. The predicted octanol–water partition coefficient (Wildman–Crippen LogP) is 5.63. The predicted molar refractivity (Wildman–Crippen MR) is 129 cm³/mol. The van der Waals surface area contributed by atoms with Crippen LogP contribution in [0.3, 0.4) is 0 Å². The highest BCUT2D eigenvalue weighted by Gasteiger charge is 2.32. The second-order valence-corrected chi connectivity index (χ2v) is 9.47. The number of carbonyl (C=O) groups is 1. The standard InChI is InChI=1S/C25H27N5O4/c1-25(2,3)34-24(31)29-10-4-5-19(29)12-17-15-27-21-9-7-18(13-20(17)21)28-22-8-6-16(14-26)11-23(22)30(32)33/h6-9,11,13,15,19,27-28H,4-5,10,12H2,1-3H3/t19-/m1/s1. The molecule has 0 unspecified atom stereocenters. The molecule has 0 bridgehead atoms. The van der Waals surface area contributed by atoms with E-state index in [2.05, 4.69) is 10.3 Å². The van der Waals surface area contributed by atoms with E-state index in [1.165, 1.54) is 12.1 Å². The van der Waals surface area contributed by atoms with Crippen molar-refractivity contribution in [1.29, 1.82) is 5.26 Å². The van der Waals surface area contributed by atoms with Crippen molar-refractivity contribution >= 4 is 34.1 Å². The Morgan fingerprint density at radius 3 is 2.82 bits per heavy atom. The number of ether oxygens (including phenoxy) is 1. The van der Waals surface area contributed by atoms with Gasteiger partial charge < -0.3 is 19.9 Å². The zero-order valence-corrected chi connectivity index (χ0v) is 19.4. The fourth-order valence-corrected chi connectivity index (χ4v) is 4.30. The minimum absolute atomic E-state index is 0.0464. The molecule has 176 valence electrons. The van der Waals surface area contributed by atoms with Gasteiger partial charge in [-0.2, -0.15) is 5.26 Å². The van der Waals surface area contributed by atoms with Crippen LogP contribution in [0.2, 0.25) is 0 Å². The molecule has 2 heterocycles. The van der Waals surface area contributed by atoms with Gasteiger partial charge in [-0.3, -0.25) is 10.1 Å². The van der Waals surface area contributed by atoms with Crippen molar-refractivity contribution in [3.05, 3.63) is 63.8 Å². The molecule has 0 radical (unpaired) electrons. The number of amides is 1. The Hall–Kier alpha value is -4.06. The quantitative estimate of drug-likeness (QED) is 0.375. The van der Waals surface area contributed by atoms with Crippen LogP contribution in [0.1, 0.15) is 44.7 Å². The summed E-state index contributed by atoms with van der Waals surface area (Å²) in [6, 6.07) is 12.0. The van der Waals surface area contributed by atoms with Gasteiger partial charge in [0.2, 0.25) is 0 Å². The fourth-order valence-electron chi connectivity index (χ4n) is 4.30. The Bertz CT molecular complexity index is 1280. The normalized spacial score (nSPS) is 15.8. The number of aromatic nitrogens is 1. The van der Waals surface area contributed by atoms with E-state index < -0.39 is 10.5 Å². The van der Waals surface area contributed by atoms with Crippen LogP contribution in [0.4, 0.5) is 21.9 Å². The van der Waals surface area contributed by atoms with Gasteiger partial charge in [0.25, 0.3) is 5.69 Å². The number of hydrogen-bond acceptors (Lipinski definition) is 6. The van der Waals surface area contributed by atoms with Gasteiger partial charge in [-0.15, -0.1) is 0 Å². The van der Waals surface area contributed by atoms with Gasteiger partial charge >= 0.3 is 6.09 Å². The first-order valence-corrected chi connectivity index (χ1v) is 11.2. The maximum atomic E-state index is 12.7. The van der Waals surface area contributed by atoms with E-state index in [0.29, 0.717) is 24.3 Å². The Balaban J connectivity index is 1.57. The summed E-state index contributed by atoms with van der Waals surface area (Å²) in [6.45, 7) is 6.27. The molecular formula is C25H27N5O4. The highest BCUT2D eigenvalue weighted by Crippen LogP contribution is 2.32. The van der Waals surface area contributed by atoms with Gasteiger partial charge in [-0.05, 0) is 75.9 Å². The average Bonchev–Trinajstić information content (AvgIpc) is 3.40. The van der Waals surface area contributed by atoms with Crippen LogP contribution < -0.4 is 5.32 Å². The van der Waals surface area contributed by atoms with Gasteiger partial charge in [0.05, 0.1) is 16.6 Å². The molecule has 9 nitrogen and oxygen atoms in total. The number of nitriles is 1. The Kier molecular flexibility index (Phi) is 6.16. The third-order valence-corrected chi connectivity index (χ3v) is 5.83. The summed E-state index contributed by atoms with van der Waals surface area (Å²) in [5.41, 5.74) is 2.53. The number of likely N-dealkylation sites (tertiary alicyclic amines) is 1. The molecule has 0 aliphatic carbocycles. The largest absolute Gasteiger partial charge is 0.444 e. The highest BCUT2D eigenvalue weighted by molar-refractivity contribution is 5.88.